The Morgan fingerprint density at radius 2 is 1.75 bits per heavy atom. The molecule has 0 saturated heterocycles. The van der Waals surface area contributed by atoms with Crippen LogP contribution in [-0.2, 0) is 18.1 Å². The summed E-state index contributed by atoms with van der Waals surface area (Å²) >= 11 is 0. The van der Waals surface area contributed by atoms with E-state index in [0.29, 0.717) is 0 Å². The molecule has 0 aliphatic carbocycles. The van der Waals surface area contributed by atoms with Crippen molar-refractivity contribution in [3.05, 3.63) is 24.0 Å². The Morgan fingerprint density at radius 1 is 1.19 bits per heavy atom. The van der Waals surface area contributed by atoms with Crippen molar-refractivity contribution in [1.29, 1.82) is 0 Å². The average molecular weight is 248 g/mol. The van der Waals surface area contributed by atoms with E-state index in [-0.39, 0.29) is 13.2 Å². The molecule has 94 valence electrons. The molecule has 0 unspecified atom stereocenters. The smallest absolute Gasteiger partial charge is 0.412 e. The van der Waals surface area contributed by atoms with E-state index in [0.717, 1.165) is 6.42 Å². The highest BCUT2D eigenvalue weighted by molar-refractivity contribution is 7.48. The predicted octanol–water partition coefficient (Wildman–Crippen LogP) is 4.05. The van der Waals surface area contributed by atoms with Crippen molar-refractivity contribution in [3.8, 4) is 0 Å². The van der Waals surface area contributed by atoms with E-state index in [1.807, 2.05) is 13.0 Å². The number of phosphoric ester groups is 1. The van der Waals surface area contributed by atoms with Gasteiger partial charge in [-0.1, -0.05) is 18.6 Å². The van der Waals surface area contributed by atoms with Gasteiger partial charge in [0, 0.05) is 0 Å². The fraction of sp³-hybridized carbons (Fsp3) is 0.636. The molecule has 5 heteroatoms. The predicted molar refractivity (Wildman–Crippen MR) is 65.1 cm³/mol. The molecule has 0 fully saturated rings. The van der Waals surface area contributed by atoms with Crippen LogP contribution in [0.25, 0.3) is 0 Å². The molecule has 0 radical (unpaired) electrons. The number of phosphoric acid groups is 1. The van der Waals surface area contributed by atoms with Crippen molar-refractivity contribution < 1.29 is 18.1 Å². The maximum atomic E-state index is 11.8. The van der Waals surface area contributed by atoms with Crippen molar-refractivity contribution in [2.75, 3.05) is 13.2 Å². The Bertz CT molecular complexity index is 274. The highest BCUT2D eigenvalue weighted by atomic mass is 31.2. The van der Waals surface area contributed by atoms with Gasteiger partial charge in [-0.15, -0.1) is 0 Å². The quantitative estimate of drug-likeness (QED) is 0.369. The van der Waals surface area contributed by atoms with Crippen LogP contribution in [0.2, 0.25) is 0 Å². The number of allylic oxidation sites excluding steroid dienone is 3. The van der Waals surface area contributed by atoms with Crippen molar-refractivity contribution >= 4 is 7.82 Å². The van der Waals surface area contributed by atoms with Crippen molar-refractivity contribution in [2.45, 2.75) is 34.1 Å². The monoisotopic (exact) mass is 248 g/mol. The second-order valence-electron chi connectivity index (χ2n) is 3.08. The summed E-state index contributed by atoms with van der Waals surface area (Å²) in [5, 5.41) is 0. The Morgan fingerprint density at radius 3 is 2.19 bits per heavy atom. The van der Waals surface area contributed by atoms with Crippen LogP contribution in [-0.4, -0.2) is 13.2 Å². The molecule has 0 rings (SSSR count). The lowest BCUT2D eigenvalue weighted by Crippen LogP contribution is -1.96. The first-order valence-electron chi connectivity index (χ1n) is 5.47. The number of hydrogen-bond donors (Lipinski definition) is 0. The Kier molecular flexibility index (Phi) is 8.26. The second kappa shape index (κ2) is 8.57. The first-order chi connectivity index (χ1) is 7.58. The Hall–Kier alpha value is -0.570. The minimum absolute atomic E-state index is 0.287. The molecule has 0 N–H and O–H groups in total. The van der Waals surface area contributed by atoms with E-state index in [4.69, 9.17) is 13.6 Å². The molecule has 0 aromatic rings. The maximum absolute atomic E-state index is 11.8. The highest BCUT2D eigenvalue weighted by Crippen LogP contribution is 2.49. The van der Waals surface area contributed by atoms with Gasteiger partial charge in [0.1, 0.15) is 0 Å². The van der Waals surface area contributed by atoms with Gasteiger partial charge >= 0.3 is 7.82 Å². The van der Waals surface area contributed by atoms with E-state index in [1.165, 1.54) is 11.8 Å². The standard InChI is InChI=1S/C11H21O4P/c1-5-11(4)9-8-10-15-16(12,13-6-2)14-7-3/h8-10H,5-7H2,1-4H3/b10-8+,11-9+. The van der Waals surface area contributed by atoms with Gasteiger partial charge in [-0.05, 0) is 33.3 Å². The topological polar surface area (TPSA) is 44.8 Å². The van der Waals surface area contributed by atoms with Crippen LogP contribution >= 0.6 is 7.82 Å². The van der Waals surface area contributed by atoms with Crippen molar-refractivity contribution in [2.24, 2.45) is 0 Å². The first kappa shape index (κ1) is 15.4. The highest BCUT2D eigenvalue weighted by Gasteiger charge is 2.24. The van der Waals surface area contributed by atoms with Crippen LogP contribution < -0.4 is 0 Å². The third-order valence-corrected chi connectivity index (χ3v) is 3.31. The summed E-state index contributed by atoms with van der Waals surface area (Å²) < 4.78 is 26.7. The zero-order chi connectivity index (χ0) is 12.4. The van der Waals surface area contributed by atoms with E-state index >= 15 is 0 Å². The van der Waals surface area contributed by atoms with Crippen LogP contribution in [0.5, 0.6) is 0 Å². The third kappa shape index (κ3) is 6.83. The number of hydrogen-bond acceptors (Lipinski definition) is 4. The zero-order valence-corrected chi connectivity index (χ0v) is 11.3. The molecule has 0 aliphatic heterocycles. The molecule has 0 aromatic carbocycles. The van der Waals surface area contributed by atoms with E-state index in [2.05, 4.69) is 6.92 Å². The first-order valence-corrected chi connectivity index (χ1v) is 6.93. The van der Waals surface area contributed by atoms with Crippen LogP contribution in [0.3, 0.4) is 0 Å². The van der Waals surface area contributed by atoms with Crippen molar-refractivity contribution in [1.82, 2.24) is 0 Å². The van der Waals surface area contributed by atoms with E-state index in [1.54, 1.807) is 19.9 Å². The van der Waals surface area contributed by atoms with Gasteiger partial charge in [-0.2, -0.15) is 0 Å². The molecule has 4 nitrogen and oxygen atoms in total. The SMILES string of the molecule is CCOP(=O)(O/C=C/C=C(\C)CC)OCC. The summed E-state index contributed by atoms with van der Waals surface area (Å²) in [6.45, 7) is 8.12. The average Bonchev–Trinajstić information content (AvgIpc) is 2.25. The van der Waals surface area contributed by atoms with Gasteiger partial charge in [0.2, 0.25) is 0 Å². The minimum atomic E-state index is -3.40. The molecular formula is C11H21O4P. The zero-order valence-electron chi connectivity index (χ0n) is 10.4. The molecule has 0 saturated carbocycles. The lowest BCUT2D eigenvalue weighted by atomic mass is 10.2. The lowest BCUT2D eigenvalue weighted by molar-refractivity contribution is 0.154. The molecular weight excluding hydrogens is 227 g/mol. The van der Waals surface area contributed by atoms with Crippen molar-refractivity contribution in [3.63, 3.8) is 0 Å². The summed E-state index contributed by atoms with van der Waals surface area (Å²) in [6.07, 6.45) is 5.88. The summed E-state index contributed by atoms with van der Waals surface area (Å²) in [7, 11) is -3.40. The van der Waals surface area contributed by atoms with Gasteiger partial charge in [0.15, 0.2) is 0 Å². The van der Waals surface area contributed by atoms with Gasteiger partial charge in [0.05, 0.1) is 19.5 Å². The lowest BCUT2D eigenvalue weighted by Gasteiger charge is -2.13. The summed E-state index contributed by atoms with van der Waals surface area (Å²) in [4.78, 5) is 0. The molecule has 0 aliphatic rings. The molecule has 0 heterocycles. The normalized spacial score (nSPS) is 13.4. The van der Waals surface area contributed by atoms with Crippen LogP contribution in [0.4, 0.5) is 0 Å². The molecule has 0 spiro atoms. The Labute approximate surface area is 97.9 Å². The Balaban J connectivity index is 4.27. The number of rotatable bonds is 8. The molecule has 0 atom stereocenters. The third-order valence-electron chi connectivity index (χ3n) is 1.78. The van der Waals surface area contributed by atoms with Crippen LogP contribution in [0, 0.1) is 0 Å². The largest absolute Gasteiger partial charge is 0.529 e. The van der Waals surface area contributed by atoms with Crippen LogP contribution in [0.15, 0.2) is 24.0 Å². The molecule has 0 bridgehead atoms. The van der Waals surface area contributed by atoms with Gasteiger partial charge in [-0.3, -0.25) is 9.05 Å². The summed E-state index contributed by atoms with van der Waals surface area (Å²) in [5.74, 6) is 0. The fourth-order valence-corrected chi connectivity index (χ4v) is 1.89. The summed E-state index contributed by atoms with van der Waals surface area (Å²) in [5.41, 5.74) is 1.21. The second-order valence-corrected chi connectivity index (χ2v) is 4.70. The molecule has 16 heavy (non-hydrogen) atoms. The minimum Gasteiger partial charge on any atom is -0.412 e. The van der Waals surface area contributed by atoms with Gasteiger partial charge in [-0.25, -0.2) is 4.57 Å². The van der Waals surface area contributed by atoms with Crippen LogP contribution in [0.1, 0.15) is 34.1 Å². The molecule has 0 aromatic heterocycles. The van der Waals surface area contributed by atoms with E-state index < -0.39 is 7.82 Å². The van der Waals surface area contributed by atoms with Gasteiger partial charge < -0.3 is 4.52 Å². The maximum Gasteiger partial charge on any atom is 0.529 e. The molecule has 0 amide bonds. The summed E-state index contributed by atoms with van der Waals surface area (Å²) in [6, 6.07) is 0. The van der Waals surface area contributed by atoms with Gasteiger partial charge in [0.25, 0.3) is 0 Å². The van der Waals surface area contributed by atoms with E-state index in [9.17, 15) is 4.57 Å². The fourth-order valence-electron chi connectivity index (χ4n) is 0.845.